The van der Waals surface area contributed by atoms with Gasteiger partial charge in [0.2, 0.25) is 6.29 Å². The summed E-state index contributed by atoms with van der Waals surface area (Å²) < 4.78 is 31.6. The summed E-state index contributed by atoms with van der Waals surface area (Å²) in [5.41, 5.74) is 0. The molecular formula is C15H20O9. The van der Waals surface area contributed by atoms with Crippen LogP contribution in [-0.4, -0.2) is 48.8 Å². The van der Waals surface area contributed by atoms with Gasteiger partial charge in [0.1, 0.15) is 6.10 Å². The van der Waals surface area contributed by atoms with Crippen molar-refractivity contribution in [2.45, 2.75) is 58.9 Å². The molecule has 1 saturated heterocycles. The zero-order chi connectivity index (χ0) is 18.1. The van der Waals surface area contributed by atoms with Gasteiger partial charge >= 0.3 is 17.9 Å². The van der Waals surface area contributed by atoms with E-state index in [1.54, 1.807) is 13.8 Å². The molecule has 3 atom stereocenters. The molecule has 0 N–H and O–H groups in total. The van der Waals surface area contributed by atoms with E-state index in [4.69, 9.17) is 28.4 Å². The molecule has 0 aromatic heterocycles. The van der Waals surface area contributed by atoms with E-state index in [9.17, 15) is 14.4 Å². The number of carbonyl (C=O) groups is 3. The lowest BCUT2D eigenvalue weighted by Crippen LogP contribution is -2.34. The summed E-state index contributed by atoms with van der Waals surface area (Å²) in [6.07, 6.45) is -2.65. The quantitative estimate of drug-likeness (QED) is 0.406. The molecule has 2 aliphatic heterocycles. The highest BCUT2D eigenvalue weighted by molar-refractivity contribution is 5.92. The Morgan fingerprint density at radius 3 is 2.42 bits per heavy atom. The molecule has 0 saturated carbocycles. The topological polar surface area (TPSA) is 107 Å². The molecule has 0 amide bonds. The molecule has 0 bridgehead atoms. The Hall–Kier alpha value is -2.13. The van der Waals surface area contributed by atoms with Crippen LogP contribution < -0.4 is 0 Å². The highest BCUT2D eigenvalue weighted by atomic mass is 16.8. The molecule has 0 radical (unpaired) electrons. The minimum atomic E-state index is -1.02. The first-order valence-electron chi connectivity index (χ1n) is 7.38. The summed E-state index contributed by atoms with van der Waals surface area (Å²) in [5.74, 6) is -3.47. The first-order chi connectivity index (χ1) is 11.1. The van der Waals surface area contributed by atoms with Crippen molar-refractivity contribution in [2.24, 2.45) is 0 Å². The highest BCUT2D eigenvalue weighted by Crippen LogP contribution is 2.34. The van der Waals surface area contributed by atoms with Gasteiger partial charge in [-0.1, -0.05) is 0 Å². The van der Waals surface area contributed by atoms with Crippen LogP contribution in [-0.2, 0) is 42.8 Å². The Bertz CT molecular complexity index is 577. The molecule has 2 aliphatic rings. The second-order valence-electron chi connectivity index (χ2n) is 5.77. The summed E-state index contributed by atoms with van der Waals surface area (Å²) in [7, 11) is 0. The standard InChI is InChI=1S/C15H20O9/c1-7(16)20-9(3)22-12-11(10-6-19-15(4,5)24-10)23-14(18)13(12)21-8(2)17/h9-11H,6H2,1-5H3/t9?,10-,11+/m0/s1. The fourth-order valence-electron chi connectivity index (χ4n) is 2.35. The van der Waals surface area contributed by atoms with Crippen molar-refractivity contribution in [3.63, 3.8) is 0 Å². The van der Waals surface area contributed by atoms with E-state index in [1.807, 2.05) is 0 Å². The first kappa shape index (κ1) is 18.2. The van der Waals surface area contributed by atoms with Gasteiger partial charge in [0, 0.05) is 20.8 Å². The smallest absolute Gasteiger partial charge is 0.378 e. The molecule has 2 rings (SSSR count). The molecule has 9 heteroatoms. The van der Waals surface area contributed by atoms with Crippen molar-refractivity contribution < 1.29 is 42.8 Å². The number of carbonyl (C=O) groups excluding carboxylic acids is 3. The summed E-state index contributed by atoms with van der Waals surface area (Å²) in [6.45, 7) is 7.37. The molecule has 0 aromatic rings. The van der Waals surface area contributed by atoms with Gasteiger partial charge in [-0.2, -0.15) is 0 Å². The zero-order valence-electron chi connectivity index (χ0n) is 14.1. The molecule has 24 heavy (non-hydrogen) atoms. The van der Waals surface area contributed by atoms with Gasteiger partial charge in [0.05, 0.1) is 6.61 Å². The minimum absolute atomic E-state index is 0.0738. The summed E-state index contributed by atoms with van der Waals surface area (Å²) in [5, 5.41) is 0. The largest absolute Gasteiger partial charge is 0.451 e. The maximum absolute atomic E-state index is 12.0. The van der Waals surface area contributed by atoms with Crippen molar-refractivity contribution >= 4 is 17.9 Å². The third-order valence-electron chi connectivity index (χ3n) is 3.14. The lowest BCUT2D eigenvalue weighted by Gasteiger charge is -2.23. The molecule has 1 unspecified atom stereocenters. The van der Waals surface area contributed by atoms with E-state index in [2.05, 4.69) is 0 Å². The molecule has 134 valence electrons. The van der Waals surface area contributed by atoms with Crippen LogP contribution in [0, 0.1) is 0 Å². The molecule has 0 spiro atoms. The van der Waals surface area contributed by atoms with E-state index in [0.717, 1.165) is 6.92 Å². The molecule has 9 nitrogen and oxygen atoms in total. The fraction of sp³-hybridized carbons (Fsp3) is 0.667. The van der Waals surface area contributed by atoms with E-state index < -0.39 is 42.2 Å². The van der Waals surface area contributed by atoms with Crippen LogP contribution in [0.3, 0.4) is 0 Å². The van der Waals surface area contributed by atoms with Crippen LogP contribution in [0.1, 0.15) is 34.6 Å². The van der Waals surface area contributed by atoms with Crippen molar-refractivity contribution in [1.29, 1.82) is 0 Å². The van der Waals surface area contributed by atoms with Gasteiger partial charge in [0.25, 0.3) is 5.76 Å². The van der Waals surface area contributed by atoms with Crippen LogP contribution in [0.2, 0.25) is 0 Å². The lowest BCUT2D eigenvalue weighted by molar-refractivity contribution is -0.175. The van der Waals surface area contributed by atoms with Crippen LogP contribution >= 0.6 is 0 Å². The van der Waals surface area contributed by atoms with Gasteiger partial charge in [-0.25, -0.2) is 4.79 Å². The molecule has 0 aliphatic carbocycles. The van der Waals surface area contributed by atoms with E-state index in [1.165, 1.54) is 13.8 Å². The van der Waals surface area contributed by atoms with Gasteiger partial charge in [0.15, 0.2) is 17.7 Å². The summed E-state index contributed by atoms with van der Waals surface area (Å²) in [4.78, 5) is 34.3. The number of ether oxygens (including phenoxy) is 6. The van der Waals surface area contributed by atoms with Crippen molar-refractivity contribution in [2.75, 3.05) is 6.61 Å². The predicted octanol–water partition coefficient (Wildman–Crippen LogP) is 0.764. The Morgan fingerprint density at radius 2 is 1.92 bits per heavy atom. The normalized spacial score (nSPS) is 26.8. The molecule has 1 fully saturated rings. The maximum Gasteiger partial charge on any atom is 0.378 e. The van der Waals surface area contributed by atoms with Crippen LogP contribution in [0.5, 0.6) is 0 Å². The van der Waals surface area contributed by atoms with E-state index in [0.29, 0.717) is 0 Å². The predicted molar refractivity (Wildman–Crippen MR) is 75.9 cm³/mol. The number of cyclic esters (lactones) is 1. The second-order valence-corrected chi connectivity index (χ2v) is 5.77. The Balaban J connectivity index is 2.25. The monoisotopic (exact) mass is 344 g/mol. The lowest BCUT2D eigenvalue weighted by atomic mass is 10.2. The third kappa shape index (κ3) is 4.24. The van der Waals surface area contributed by atoms with Gasteiger partial charge < -0.3 is 28.4 Å². The SMILES string of the molecule is CC(=O)OC1=C(OC(C)OC(C)=O)[C@@H]([C@@H]2COC(C)(C)O2)OC1=O. The van der Waals surface area contributed by atoms with Crippen LogP contribution in [0.4, 0.5) is 0 Å². The Kier molecular flexibility index (Phi) is 5.14. The van der Waals surface area contributed by atoms with Crippen LogP contribution in [0.25, 0.3) is 0 Å². The third-order valence-corrected chi connectivity index (χ3v) is 3.14. The molecule has 0 aromatic carbocycles. The van der Waals surface area contributed by atoms with Gasteiger partial charge in [-0.15, -0.1) is 0 Å². The minimum Gasteiger partial charge on any atom is -0.451 e. The van der Waals surface area contributed by atoms with Gasteiger partial charge in [-0.05, 0) is 13.8 Å². The summed E-state index contributed by atoms with van der Waals surface area (Å²) in [6, 6.07) is 0. The average molecular weight is 344 g/mol. The average Bonchev–Trinajstić information content (AvgIpc) is 2.91. The number of hydrogen-bond acceptors (Lipinski definition) is 9. The second kappa shape index (κ2) is 6.78. The highest BCUT2D eigenvalue weighted by Gasteiger charge is 2.49. The van der Waals surface area contributed by atoms with Crippen molar-refractivity contribution in [3.05, 3.63) is 11.5 Å². The van der Waals surface area contributed by atoms with Crippen molar-refractivity contribution in [1.82, 2.24) is 0 Å². The molecular weight excluding hydrogens is 324 g/mol. The van der Waals surface area contributed by atoms with E-state index >= 15 is 0 Å². The molecule has 2 heterocycles. The zero-order valence-corrected chi connectivity index (χ0v) is 14.1. The summed E-state index contributed by atoms with van der Waals surface area (Å²) >= 11 is 0. The van der Waals surface area contributed by atoms with Crippen LogP contribution in [0.15, 0.2) is 11.5 Å². The fourth-order valence-corrected chi connectivity index (χ4v) is 2.35. The Morgan fingerprint density at radius 1 is 1.25 bits per heavy atom. The first-order valence-corrected chi connectivity index (χ1v) is 7.38. The number of esters is 3. The Labute approximate surface area is 138 Å². The number of rotatable bonds is 5. The number of hydrogen-bond donors (Lipinski definition) is 0. The van der Waals surface area contributed by atoms with E-state index in [-0.39, 0.29) is 18.1 Å². The van der Waals surface area contributed by atoms with Gasteiger partial charge in [-0.3, -0.25) is 9.59 Å². The van der Waals surface area contributed by atoms with Crippen molar-refractivity contribution in [3.8, 4) is 0 Å². The maximum atomic E-state index is 12.0.